The maximum Gasteiger partial charge on any atom is 0.253 e. The van der Waals surface area contributed by atoms with E-state index in [9.17, 15) is 4.79 Å². The van der Waals surface area contributed by atoms with Gasteiger partial charge in [0.2, 0.25) is 0 Å². The Morgan fingerprint density at radius 3 is 2.64 bits per heavy atom. The van der Waals surface area contributed by atoms with Crippen LogP contribution in [0.1, 0.15) is 22.3 Å². The second-order valence-corrected chi connectivity index (χ2v) is 4.77. The Balaban J connectivity index is 2.23. The number of hydrogen-bond donors (Lipinski definition) is 0. The summed E-state index contributed by atoms with van der Waals surface area (Å²) in [5, 5.41) is 0. The molecular formula is C11H12INO. The van der Waals surface area contributed by atoms with E-state index in [1.807, 2.05) is 30.0 Å². The quantitative estimate of drug-likeness (QED) is 0.730. The number of aryl methyl sites for hydroxylation is 1. The van der Waals surface area contributed by atoms with E-state index >= 15 is 0 Å². The van der Waals surface area contributed by atoms with Gasteiger partial charge >= 0.3 is 0 Å². The fourth-order valence-corrected chi connectivity index (χ4v) is 1.82. The predicted molar refractivity (Wildman–Crippen MR) is 64.4 cm³/mol. The van der Waals surface area contributed by atoms with Gasteiger partial charge in [-0.15, -0.1) is 0 Å². The van der Waals surface area contributed by atoms with Crippen molar-refractivity contribution in [1.82, 2.24) is 4.90 Å². The highest BCUT2D eigenvalue weighted by molar-refractivity contribution is 14.1. The smallest absolute Gasteiger partial charge is 0.253 e. The van der Waals surface area contributed by atoms with E-state index in [1.54, 1.807) is 0 Å². The Bertz CT molecular complexity index is 372. The molecule has 1 fully saturated rings. The van der Waals surface area contributed by atoms with Crippen molar-refractivity contribution in [3.8, 4) is 0 Å². The van der Waals surface area contributed by atoms with Crippen molar-refractivity contribution in [3.05, 3.63) is 32.9 Å². The Hall–Kier alpha value is -0.580. The maximum absolute atomic E-state index is 11.8. The number of likely N-dealkylation sites (tertiary alicyclic amines) is 1. The van der Waals surface area contributed by atoms with Crippen LogP contribution in [0.4, 0.5) is 0 Å². The van der Waals surface area contributed by atoms with Crippen LogP contribution in [0, 0.1) is 10.5 Å². The lowest BCUT2D eigenvalue weighted by Crippen LogP contribution is -2.42. The molecule has 3 heteroatoms. The summed E-state index contributed by atoms with van der Waals surface area (Å²) in [6.45, 7) is 3.88. The molecule has 0 radical (unpaired) electrons. The van der Waals surface area contributed by atoms with Crippen molar-refractivity contribution in [2.45, 2.75) is 13.3 Å². The van der Waals surface area contributed by atoms with Gasteiger partial charge in [-0.1, -0.05) is 0 Å². The number of benzene rings is 1. The molecule has 14 heavy (non-hydrogen) atoms. The van der Waals surface area contributed by atoms with Gasteiger partial charge in [-0.2, -0.15) is 0 Å². The number of carbonyl (C=O) groups is 1. The lowest BCUT2D eigenvalue weighted by molar-refractivity contribution is 0.0651. The molecule has 2 nitrogen and oxygen atoms in total. The molecule has 1 heterocycles. The number of halogens is 1. The monoisotopic (exact) mass is 301 g/mol. The van der Waals surface area contributed by atoms with Gasteiger partial charge in [0.1, 0.15) is 0 Å². The highest BCUT2D eigenvalue weighted by Gasteiger charge is 2.21. The maximum atomic E-state index is 11.8. The van der Waals surface area contributed by atoms with Gasteiger partial charge in [0.25, 0.3) is 5.91 Å². The van der Waals surface area contributed by atoms with E-state index in [1.165, 1.54) is 9.13 Å². The summed E-state index contributed by atoms with van der Waals surface area (Å²) in [5.41, 5.74) is 2.00. The van der Waals surface area contributed by atoms with Crippen LogP contribution in [-0.2, 0) is 0 Å². The molecule has 1 aromatic carbocycles. The van der Waals surface area contributed by atoms with Crippen molar-refractivity contribution in [1.29, 1.82) is 0 Å². The molecule has 0 spiro atoms. The van der Waals surface area contributed by atoms with Gasteiger partial charge in [0, 0.05) is 22.2 Å². The largest absolute Gasteiger partial charge is 0.339 e. The third-order valence-electron chi connectivity index (χ3n) is 2.55. The van der Waals surface area contributed by atoms with Crippen LogP contribution in [0.15, 0.2) is 18.2 Å². The molecule has 2 rings (SSSR count). The molecule has 0 unspecified atom stereocenters. The minimum Gasteiger partial charge on any atom is -0.339 e. The molecule has 0 bridgehead atoms. The normalized spacial score (nSPS) is 15.1. The zero-order valence-electron chi connectivity index (χ0n) is 8.09. The molecular weight excluding hydrogens is 289 g/mol. The van der Waals surface area contributed by atoms with Gasteiger partial charge in [-0.3, -0.25) is 4.79 Å². The predicted octanol–water partition coefficient (Wildman–Crippen LogP) is 2.45. The molecule has 0 saturated carbocycles. The van der Waals surface area contributed by atoms with Gasteiger partial charge in [0.15, 0.2) is 0 Å². The minimum atomic E-state index is 0.177. The molecule has 0 atom stereocenters. The summed E-state index contributed by atoms with van der Waals surface area (Å²) >= 11 is 2.28. The van der Waals surface area contributed by atoms with Crippen molar-refractivity contribution >= 4 is 28.5 Å². The Kier molecular flexibility index (Phi) is 2.76. The second kappa shape index (κ2) is 3.88. The summed E-state index contributed by atoms with van der Waals surface area (Å²) < 4.78 is 1.21. The first kappa shape index (κ1) is 9.96. The molecule has 0 aromatic heterocycles. The number of amides is 1. The second-order valence-electron chi connectivity index (χ2n) is 3.61. The zero-order valence-corrected chi connectivity index (χ0v) is 10.2. The van der Waals surface area contributed by atoms with Crippen molar-refractivity contribution in [3.63, 3.8) is 0 Å². The summed E-state index contributed by atoms with van der Waals surface area (Å²) in [4.78, 5) is 13.7. The van der Waals surface area contributed by atoms with E-state index < -0.39 is 0 Å². The van der Waals surface area contributed by atoms with E-state index in [0.717, 1.165) is 25.1 Å². The molecule has 0 N–H and O–H groups in total. The summed E-state index contributed by atoms with van der Waals surface area (Å²) in [6.07, 6.45) is 1.15. The van der Waals surface area contributed by atoms with Crippen molar-refractivity contribution < 1.29 is 4.79 Å². The molecule has 1 aliphatic heterocycles. The van der Waals surface area contributed by atoms with Crippen LogP contribution in [0.3, 0.4) is 0 Å². The van der Waals surface area contributed by atoms with Gasteiger partial charge in [-0.05, 0) is 59.7 Å². The first-order valence-electron chi connectivity index (χ1n) is 4.74. The standard InChI is InChI=1S/C11H12INO/c1-8-7-9(3-4-10(8)12)11(14)13-5-2-6-13/h3-4,7H,2,5-6H2,1H3. The Morgan fingerprint density at radius 2 is 2.14 bits per heavy atom. The third kappa shape index (κ3) is 1.78. The first-order valence-corrected chi connectivity index (χ1v) is 5.82. The van der Waals surface area contributed by atoms with Crippen LogP contribution < -0.4 is 0 Å². The SMILES string of the molecule is Cc1cc(C(=O)N2CCC2)ccc1I. The summed E-state index contributed by atoms with van der Waals surface area (Å²) in [5.74, 6) is 0.177. The van der Waals surface area contributed by atoms with E-state index in [2.05, 4.69) is 22.6 Å². The number of nitrogens with zero attached hydrogens (tertiary/aromatic N) is 1. The zero-order chi connectivity index (χ0) is 10.1. The van der Waals surface area contributed by atoms with E-state index in [4.69, 9.17) is 0 Å². The first-order chi connectivity index (χ1) is 6.68. The molecule has 1 amide bonds. The van der Waals surface area contributed by atoms with Crippen LogP contribution in [0.5, 0.6) is 0 Å². The van der Waals surface area contributed by atoms with Crippen LogP contribution >= 0.6 is 22.6 Å². The average molecular weight is 301 g/mol. The Labute approximate surface area is 97.4 Å². The molecule has 1 aromatic rings. The molecule has 1 aliphatic rings. The van der Waals surface area contributed by atoms with Crippen LogP contribution in [-0.4, -0.2) is 23.9 Å². The molecule has 74 valence electrons. The number of rotatable bonds is 1. The fourth-order valence-electron chi connectivity index (χ4n) is 1.48. The average Bonchev–Trinajstić information content (AvgIpc) is 2.06. The van der Waals surface area contributed by atoms with Gasteiger partial charge in [-0.25, -0.2) is 0 Å². The third-order valence-corrected chi connectivity index (χ3v) is 3.76. The van der Waals surface area contributed by atoms with Gasteiger partial charge in [0.05, 0.1) is 0 Å². The van der Waals surface area contributed by atoms with Crippen molar-refractivity contribution in [2.75, 3.05) is 13.1 Å². The topological polar surface area (TPSA) is 20.3 Å². The molecule has 1 saturated heterocycles. The number of hydrogen-bond acceptors (Lipinski definition) is 1. The lowest BCUT2D eigenvalue weighted by atomic mass is 10.1. The highest BCUT2D eigenvalue weighted by atomic mass is 127. The summed E-state index contributed by atoms with van der Waals surface area (Å²) in [7, 11) is 0. The van der Waals surface area contributed by atoms with E-state index in [0.29, 0.717) is 0 Å². The molecule has 0 aliphatic carbocycles. The Morgan fingerprint density at radius 1 is 1.43 bits per heavy atom. The van der Waals surface area contributed by atoms with Gasteiger partial charge < -0.3 is 4.90 Å². The van der Waals surface area contributed by atoms with E-state index in [-0.39, 0.29) is 5.91 Å². The fraction of sp³-hybridized carbons (Fsp3) is 0.364. The number of carbonyl (C=O) groups excluding carboxylic acids is 1. The highest BCUT2D eigenvalue weighted by Crippen LogP contribution is 2.17. The minimum absolute atomic E-state index is 0.177. The summed E-state index contributed by atoms with van der Waals surface area (Å²) in [6, 6.07) is 5.89. The van der Waals surface area contributed by atoms with Crippen molar-refractivity contribution in [2.24, 2.45) is 0 Å². The van der Waals surface area contributed by atoms with Crippen LogP contribution in [0.2, 0.25) is 0 Å². The lowest BCUT2D eigenvalue weighted by Gasteiger charge is -2.31. The van der Waals surface area contributed by atoms with Crippen LogP contribution in [0.25, 0.3) is 0 Å².